The largest absolute Gasteiger partial charge is 0.309 e. The van der Waals surface area contributed by atoms with Crippen LogP contribution in [-0.2, 0) is 0 Å². The molecule has 0 aliphatic carbocycles. The molecule has 88 valence electrons. The molecule has 0 bridgehead atoms. The van der Waals surface area contributed by atoms with Crippen molar-refractivity contribution < 1.29 is 4.79 Å². The van der Waals surface area contributed by atoms with E-state index in [-0.39, 0.29) is 5.78 Å². The molecule has 2 nitrogen and oxygen atoms in total. The van der Waals surface area contributed by atoms with Crippen LogP contribution in [0.25, 0.3) is 0 Å². The second kappa shape index (κ2) is 6.71. The van der Waals surface area contributed by atoms with E-state index in [1.165, 1.54) is 0 Å². The van der Waals surface area contributed by atoms with Crippen LogP contribution in [0.15, 0.2) is 29.2 Å². The SMILES string of the molecule is CCC(=O)c1ccccc1SCCN(C)C. The van der Waals surface area contributed by atoms with Gasteiger partial charge < -0.3 is 4.90 Å². The highest BCUT2D eigenvalue weighted by Crippen LogP contribution is 2.23. The molecule has 0 spiro atoms. The lowest BCUT2D eigenvalue weighted by molar-refractivity contribution is 0.0985. The van der Waals surface area contributed by atoms with Crippen LogP contribution in [-0.4, -0.2) is 37.1 Å². The molecule has 0 unspecified atom stereocenters. The van der Waals surface area contributed by atoms with Crippen LogP contribution in [0.1, 0.15) is 23.7 Å². The lowest BCUT2D eigenvalue weighted by Crippen LogP contribution is -2.14. The van der Waals surface area contributed by atoms with Gasteiger partial charge in [0, 0.05) is 29.2 Å². The maximum Gasteiger partial charge on any atom is 0.163 e. The zero-order valence-corrected chi connectivity index (χ0v) is 11.0. The maximum atomic E-state index is 11.7. The van der Waals surface area contributed by atoms with Gasteiger partial charge in [-0.1, -0.05) is 25.1 Å². The highest BCUT2D eigenvalue weighted by atomic mass is 32.2. The van der Waals surface area contributed by atoms with E-state index >= 15 is 0 Å². The van der Waals surface area contributed by atoms with Gasteiger partial charge in [-0.15, -0.1) is 11.8 Å². The number of rotatable bonds is 6. The molecule has 0 aliphatic rings. The number of carbonyl (C=O) groups is 1. The van der Waals surface area contributed by atoms with E-state index in [9.17, 15) is 4.79 Å². The van der Waals surface area contributed by atoms with Crippen LogP contribution in [0.4, 0.5) is 0 Å². The van der Waals surface area contributed by atoms with Gasteiger partial charge in [0.05, 0.1) is 0 Å². The van der Waals surface area contributed by atoms with Gasteiger partial charge >= 0.3 is 0 Å². The Morgan fingerprint density at radius 3 is 2.62 bits per heavy atom. The van der Waals surface area contributed by atoms with E-state index in [2.05, 4.69) is 19.0 Å². The van der Waals surface area contributed by atoms with Gasteiger partial charge in [0.1, 0.15) is 0 Å². The average Bonchev–Trinajstić information content (AvgIpc) is 2.28. The molecule has 0 heterocycles. The van der Waals surface area contributed by atoms with Crippen molar-refractivity contribution in [2.45, 2.75) is 18.2 Å². The topological polar surface area (TPSA) is 20.3 Å². The summed E-state index contributed by atoms with van der Waals surface area (Å²) in [6.45, 7) is 2.93. The summed E-state index contributed by atoms with van der Waals surface area (Å²) in [6, 6.07) is 7.87. The number of hydrogen-bond acceptors (Lipinski definition) is 3. The molecule has 0 aromatic heterocycles. The number of benzene rings is 1. The molecule has 0 N–H and O–H groups in total. The summed E-state index contributed by atoms with van der Waals surface area (Å²) in [4.78, 5) is 15.0. The van der Waals surface area contributed by atoms with Crippen molar-refractivity contribution in [1.82, 2.24) is 4.90 Å². The third kappa shape index (κ3) is 3.99. The quantitative estimate of drug-likeness (QED) is 0.560. The van der Waals surface area contributed by atoms with Gasteiger partial charge in [0.15, 0.2) is 5.78 Å². The Balaban J connectivity index is 2.67. The minimum Gasteiger partial charge on any atom is -0.309 e. The molecule has 1 aromatic rings. The van der Waals surface area contributed by atoms with Gasteiger partial charge in [-0.2, -0.15) is 0 Å². The first-order valence-corrected chi connectivity index (χ1v) is 6.53. The smallest absolute Gasteiger partial charge is 0.163 e. The molecule has 0 amide bonds. The highest BCUT2D eigenvalue weighted by Gasteiger charge is 2.08. The number of ketones is 1. The van der Waals surface area contributed by atoms with Crippen molar-refractivity contribution in [2.75, 3.05) is 26.4 Å². The standard InChI is InChI=1S/C13H19NOS/c1-4-12(15)11-7-5-6-8-13(11)16-10-9-14(2)3/h5-8H,4,9-10H2,1-3H3. The fourth-order valence-corrected chi connectivity index (χ4v) is 2.54. The monoisotopic (exact) mass is 237 g/mol. The third-order valence-corrected chi connectivity index (χ3v) is 3.36. The Hall–Kier alpha value is -0.800. The Morgan fingerprint density at radius 1 is 1.31 bits per heavy atom. The predicted molar refractivity (Wildman–Crippen MR) is 70.3 cm³/mol. The number of hydrogen-bond donors (Lipinski definition) is 0. The molecule has 0 fully saturated rings. The summed E-state index contributed by atoms with van der Waals surface area (Å²) in [5, 5.41) is 0. The summed E-state index contributed by atoms with van der Waals surface area (Å²) in [5.41, 5.74) is 0.869. The Bertz CT molecular complexity index is 350. The number of Topliss-reactive ketones (excluding diaryl/α,β-unsaturated/α-hetero) is 1. The van der Waals surface area contributed by atoms with Crippen LogP contribution in [0.3, 0.4) is 0 Å². The normalized spacial score (nSPS) is 10.8. The summed E-state index contributed by atoms with van der Waals surface area (Å²) in [7, 11) is 4.12. The molecule has 0 saturated carbocycles. The lowest BCUT2D eigenvalue weighted by atomic mass is 10.1. The van der Waals surface area contributed by atoms with E-state index in [1.807, 2.05) is 31.2 Å². The average molecular weight is 237 g/mol. The third-order valence-electron chi connectivity index (χ3n) is 2.30. The fraction of sp³-hybridized carbons (Fsp3) is 0.462. The first-order chi connectivity index (χ1) is 7.65. The van der Waals surface area contributed by atoms with Crippen molar-refractivity contribution >= 4 is 17.5 Å². The predicted octanol–water partition coefficient (Wildman–Crippen LogP) is 2.93. The van der Waals surface area contributed by atoms with Gasteiger partial charge in [0.25, 0.3) is 0 Å². The first kappa shape index (κ1) is 13.3. The van der Waals surface area contributed by atoms with Crippen molar-refractivity contribution in [2.24, 2.45) is 0 Å². The summed E-state index contributed by atoms with van der Waals surface area (Å²) in [6.07, 6.45) is 0.575. The molecular formula is C13H19NOS. The van der Waals surface area contributed by atoms with E-state index in [1.54, 1.807) is 11.8 Å². The number of thioether (sulfide) groups is 1. The molecule has 3 heteroatoms. The van der Waals surface area contributed by atoms with Crippen LogP contribution in [0, 0.1) is 0 Å². The zero-order chi connectivity index (χ0) is 12.0. The molecule has 0 saturated heterocycles. The van der Waals surface area contributed by atoms with E-state index in [4.69, 9.17) is 0 Å². The first-order valence-electron chi connectivity index (χ1n) is 5.55. The van der Waals surface area contributed by atoms with Crippen molar-refractivity contribution in [1.29, 1.82) is 0 Å². The molecular weight excluding hydrogens is 218 g/mol. The molecule has 0 radical (unpaired) electrons. The van der Waals surface area contributed by atoms with E-state index in [0.717, 1.165) is 22.8 Å². The molecule has 0 aliphatic heterocycles. The minimum absolute atomic E-state index is 0.230. The van der Waals surface area contributed by atoms with Gasteiger partial charge in [-0.3, -0.25) is 4.79 Å². The van der Waals surface area contributed by atoms with Crippen LogP contribution >= 0.6 is 11.8 Å². The number of nitrogens with zero attached hydrogens (tertiary/aromatic N) is 1. The second-order valence-corrected chi connectivity index (χ2v) is 5.06. The summed E-state index contributed by atoms with van der Waals surface area (Å²) >= 11 is 1.76. The molecule has 1 rings (SSSR count). The second-order valence-electron chi connectivity index (χ2n) is 3.92. The zero-order valence-electron chi connectivity index (χ0n) is 10.2. The highest BCUT2D eigenvalue weighted by molar-refractivity contribution is 7.99. The van der Waals surface area contributed by atoms with Crippen molar-refractivity contribution in [3.63, 3.8) is 0 Å². The molecule has 16 heavy (non-hydrogen) atoms. The number of carbonyl (C=O) groups excluding carboxylic acids is 1. The molecule has 0 atom stereocenters. The Labute approximate surface area is 102 Å². The maximum absolute atomic E-state index is 11.7. The van der Waals surface area contributed by atoms with Crippen molar-refractivity contribution in [3.05, 3.63) is 29.8 Å². The fourth-order valence-electron chi connectivity index (χ4n) is 1.35. The lowest BCUT2D eigenvalue weighted by Gasteiger charge is -2.10. The Kier molecular flexibility index (Phi) is 5.56. The van der Waals surface area contributed by atoms with Crippen molar-refractivity contribution in [3.8, 4) is 0 Å². The van der Waals surface area contributed by atoms with Gasteiger partial charge in [0.2, 0.25) is 0 Å². The van der Waals surface area contributed by atoms with Crippen LogP contribution < -0.4 is 0 Å². The minimum atomic E-state index is 0.230. The molecule has 1 aromatic carbocycles. The van der Waals surface area contributed by atoms with Crippen LogP contribution in [0.2, 0.25) is 0 Å². The van der Waals surface area contributed by atoms with E-state index in [0.29, 0.717) is 6.42 Å². The van der Waals surface area contributed by atoms with E-state index < -0.39 is 0 Å². The van der Waals surface area contributed by atoms with Gasteiger partial charge in [-0.05, 0) is 20.2 Å². The Morgan fingerprint density at radius 2 is 2.00 bits per heavy atom. The van der Waals surface area contributed by atoms with Gasteiger partial charge in [-0.25, -0.2) is 0 Å². The summed E-state index contributed by atoms with van der Waals surface area (Å²) in [5.74, 6) is 1.24. The van der Waals surface area contributed by atoms with Crippen LogP contribution in [0.5, 0.6) is 0 Å². The summed E-state index contributed by atoms with van der Waals surface area (Å²) < 4.78 is 0.